The van der Waals surface area contributed by atoms with Crippen molar-refractivity contribution in [1.82, 2.24) is 10.3 Å². The van der Waals surface area contributed by atoms with Crippen molar-refractivity contribution in [1.29, 1.82) is 0 Å². The maximum absolute atomic E-state index is 5.24. The van der Waals surface area contributed by atoms with Gasteiger partial charge in [0, 0.05) is 28.6 Å². The van der Waals surface area contributed by atoms with Crippen LogP contribution in [0.1, 0.15) is 21.7 Å². The Labute approximate surface area is 132 Å². The third-order valence-electron chi connectivity index (χ3n) is 3.08. The normalized spacial score (nSPS) is 11.1. The lowest BCUT2D eigenvalue weighted by molar-refractivity contribution is 0.181. The van der Waals surface area contributed by atoms with Crippen LogP contribution in [0.3, 0.4) is 0 Å². The number of hydrogen-bond donors (Lipinski definition) is 1. The van der Waals surface area contributed by atoms with Crippen molar-refractivity contribution in [2.24, 2.45) is 0 Å². The van der Waals surface area contributed by atoms with Crippen molar-refractivity contribution < 1.29 is 4.74 Å². The number of methoxy groups -OCH3 is 1. The van der Waals surface area contributed by atoms with Crippen LogP contribution >= 0.6 is 27.3 Å². The van der Waals surface area contributed by atoms with Crippen molar-refractivity contribution in [3.8, 4) is 10.6 Å². The predicted molar refractivity (Wildman–Crippen MR) is 88.2 cm³/mol. The summed E-state index contributed by atoms with van der Waals surface area (Å²) in [5.41, 5.74) is 4.67. The summed E-state index contributed by atoms with van der Waals surface area (Å²) in [6.07, 6.45) is 0. The topological polar surface area (TPSA) is 34.2 Å². The molecule has 0 bridgehead atoms. The van der Waals surface area contributed by atoms with E-state index in [-0.39, 0.29) is 0 Å². The summed E-state index contributed by atoms with van der Waals surface area (Å²) in [5.74, 6) is 0. The van der Waals surface area contributed by atoms with Crippen LogP contribution in [0.5, 0.6) is 0 Å². The Morgan fingerprint density at radius 3 is 2.50 bits per heavy atom. The van der Waals surface area contributed by atoms with Crippen LogP contribution in [-0.4, -0.2) is 19.1 Å². The highest BCUT2D eigenvalue weighted by atomic mass is 79.9. The van der Waals surface area contributed by atoms with E-state index in [2.05, 4.69) is 47.2 Å². The van der Waals surface area contributed by atoms with Crippen LogP contribution in [0.4, 0.5) is 0 Å². The minimum Gasteiger partial charge on any atom is -0.378 e. The Hall–Kier alpha value is -0.750. The van der Waals surface area contributed by atoms with Gasteiger partial charge in [-0.15, -0.1) is 11.3 Å². The molecule has 1 aromatic heterocycles. The molecule has 0 aliphatic carbocycles. The lowest BCUT2D eigenvalue weighted by atomic mass is 10.1. The third-order valence-corrected chi connectivity index (χ3v) is 5.48. The average molecular weight is 355 g/mol. The molecule has 0 saturated carbocycles. The van der Waals surface area contributed by atoms with Gasteiger partial charge < -0.3 is 10.1 Å². The van der Waals surface area contributed by atoms with Gasteiger partial charge in [0.2, 0.25) is 0 Å². The van der Waals surface area contributed by atoms with E-state index in [1.54, 1.807) is 18.4 Å². The summed E-state index contributed by atoms with van der Waals surface area (Å²) >= 11 is 5.34. The van der Waals surface area contributed by atoms with E-state index in [0.717, 1.165) is 17.2 Å². The number of nitrogens with one attached hydrogen (secondary N) is 1. The minimum absolute atomic E-state index is 0.558. The molecule has 5 heteroatoms. The highest BCUT2D eigenvalue weighted by Gasteiger charge is 2.13. The third kappa shape index (κ3) is 3.28. The first-order valence-corrected chi connectivity index (χ1v) is 8.07. The SMILES string of the molecule is CNCc1sc(-c2cc(C)c(Br)c(C)c2)nc1COC. The molecule has 1 N–H and O–H groups in total. The molecule has 0 amide bonds. The zero-order valence-electron chi connectivity index (χ0n) is 12.2. The second kappa shape index (κ2) is 6.80. The van der Waals surface area contributed by atoms with Gasteiger partial charge in [-0.05, 0) is 44.2 Å². The van der Waals surface area contributed by atoms with Gasteiger partial charge in [0.25, 0.3) is 0 Å². The summed E-state index contributed by atoms with van der Waals surface area (Å²) in [6.45, 7) is 5.60. The van der Waals surface area contributed by atoms with Crippen molar-refractivity contribution in [3.05, 3.63) is 38.3 Å². The number of thiazole rings is 1. The first-order valence-electron chi connectivity index (χ1n) is 6.46. The molecule has 20 heavy (non-hydrogen) atoms. The van der Waals surface area contributed by atoms with Crippen molar-refractivity contribution >= 4 is 27.3 Å². The van der Waals surface area contributed by atoms with E-state index in [9.17, 15) is 0 Å². The van der Waals surface area contributed by atoms with Gasteiger partial charge in [0.1, 0.15) is 5.01 Å². The molecule has 2 rings (SSSR count). The number of hydrogen-bond acceptors (Lipinski definition) is 4. The molecule has 0 unspecified atom stereocenters. The molecule has 0 saturated heterocycles. The van der Waals surface area contributed by atoms with Gasteiger partial charge in [0.15, 0.2) is 0 Å². The summed E-state index contributed by atoms with van der Waals surface area (Å²) in [5, 5.41) is 4.24. The van der Waals surface area contributed by atoms with E-state index in [1.807, 2.05) is 7.05 Å². The van der Waals surface area contributed by atoms with Gasteiger partial charge in [0.05, 0.1) is 12.3 Å². The fraction of sp³-hybridized carbons (Fsp3) is 0.400. The average Bonchev–Trinajstić information content (AvgIpc) is 2.80. The second-order valence-electron chi connectivity index (χ2n) is 4.78. The summed E-state index contributed by atoms with van der Waals surface area (Å²) in [6, 6.07) is 4.35. The number of aryl methyl sites for hydroxylation is 2. The van der Waals surface area contributed by atoms with E-state index >= 15 is 0 Å². The summed E-state index contributed by atoms with van der Waals surface area (Å²) < 4.78 is 6.41. The Bertz CT molecular complexity index is 563. The first-order chi connectivity index (χ1) is 9.56. The smallest absolute Gasteiger partial charge is 0.124 e. The summed E-state index contributed by atoms with van der Waals surface area (Å²) in [4.78, 5) is 5.98. The molecule has 0 aliphatic heterocycles. The van der Waals surface area contributed by atoms with E-state index in [4.69, 9.17) is 9.72 Å². The second-order valence-corrected chi connectivity index (χ2v) is 6.65. The Morgan fingerprint density at radius 2 is 1.95 bits per heavy atom. The summed E-state index contributed by atoms with van der Waals surface area (Å²) in [7, 11) is 3.65. The van der Waals surface area contributed by atoms with Gasteiger partial charge in [-0.1, -0.05) is 15.9 Å². The number of nitrogens with zero attached hydrogens (tertiary/aromatic N) is 1. The quantitative estimate of drug-likeness (QED) is 0.879. The van der Waals surface area contributed by atoms with Crippen molar-refractivity contribution in [3.63, 3.8) is 0 Å². The number of aromatic nitrogens is 1. The monoisotopic (exact) mass is 354 g/mol. The molecule has 3 nitrogen and oxygen atoms in total. The van der Waals surface area contributed by atoms with Gasteiger partial charge >= 0.3 is 0 Å². The highest BCUT2D eigenvalue weighted by Crippen LogP contribution is 2.32. The molecular weight excluding hydrogens is 336 g/mol. The number of ether oxygens (including phenoxy) is 1. The van der Waals surface area contributed by atoms with Gasteiger partial charge in [-0.25, -0.2) is 4.98 Å². The maximum Gasteiger partial charge on any atom is 0.124 e. The molecule has 1 aromatic carbocycles. The van der Waals surface area contributed by atoms with Crippen LogP contribution in [0.15, 0.2) is 16.6 Å². The fourth-order valence-corrected chi connectivity index (χ4v) is 3.42. The van der Waals surface area contributed by atoms with Crippen molar-refractivity contribution in [2.75, 3.05) is 14.2 Å². The largest absolute Gasteiger partial charge is 0.378 e. The Balaban J connectivity index is 2.44. The lowest BCUT2D eigenvalue weighted by Crippen LogP contribution is -2.06. The standard InChI is InChI=1S/C15H19BrN2OS/c1-9-5-11(6-10(2)14(9)16)15-18-12(8-19-4)13(20-15)7-17-3/h5-6,17H,7-8H2,1-4H3. The van der Waals surface area contributed by atoms with Gasteiger partial charge in [-0.2, -0.15) is 0 Å². The minimum atomic E-state index is 0.558. The zero-order valence-corrected chi connectivity index (χ0v) is 14.6. The molecule has 0 fully saturated rings. The molecule has 1 heterocycles. The zero-order chi connectivity index (χ0) is 14.7. The number of rotatable bonds is 5. The van der Waals surface area contributed by atoms with Gasteiger partial charge in [-0.3, -0.25) is 0 Å². The van der Waals surface area contributed by atoms with E-state index in [1.165, 1.54) is 26.0 Å². The molecule has 108 valence electrons. The Kier molecular flexibility index (Phi) is 5.32. The molecule has 0 spiro atoms. The molecule has 0 atom stereocenters. The maximum atomic E-state index is 5.24. The first kappa shape index (κ1) is 15.6. The van der Waals surface area contributed by atoms with Crippen LogP contribution in [-0.2, 0) is 17.9 Å². The van der Waals surface area contributed by atoms with Crippen LogP contribution < -0.4 is 5.32 Å². The van der Waals surface area contributed by atoms with Crippen LogP contribution in [0.25, 0.3) is 10.6 Å². The number of benzene rings is 1. The van der Waals surface area contributed by atoms with Crippen molar-refractivity contribution in [2.45, 2.75) is 27.0 Å². The Morgan fingerprint density at radius 1 is 1.30 bits per heavy atom. The fourth-order valence-electron chi connectivity index (χ4n) is 2.12. The highest BCUT2D eigenvalue weighted by molar-refractivity contribution is 9.10. The molecule has 0 radical (unpaired) electrons. The molecule has 2 aromatic rings. The van der Waals surface area contributed by atoms with E-state index < -0.39 is 0 Å². The number of halogens is 1. The van der Waals surface area contributed by atoms with Crippen LogP contribution in [0, 0.1) is 13.8 Å². The molecule has 0 aliphatic rings. The predicted octanol–water partition coefficient (Wildman–Crippen LogP) is 4.06. The lowest BCUT2D eigenvalue weighted by Gasteiger charge is -2.05. The van der Waals surface area contributed by atoms with Crippen LogP contribution in [0.2, 0.25) is 0 Å². The molecular formula is C15H19BrN2OS. The van der Waals surface area contributed by atoms with E-state index in [0.29, 0.717) is 6.61 Å².